The predicted molar refractivity (Wildman–Crippen MR) is 112 cm³/mol. The number of rotatable bonds is 9. The molecule has 1 aliphatic heterocycles. The zero-order valence-electron chi connectivity index (χ0n) is 18.4. The fraction of sp³-hybridized carbons (Fsp3) is 0.571. The van der Waals surface area contributed by atoms with Gasteiger partial charge in [0.2, 0.25) is 10.0 Å². The highest BCUT2D eigenvalue weighted by Crippen LogP contribution is 2.19. The van der Waals surface area contributed by atoms with Crippen molar-refractivity contribution in [2.24, 2.45) is 11.8 Å². The summed E-state index contributed by atoms with van der Waals surface area (Å²) in [6, 6.07) is 3.50. The van der Waals surface area contributed by atoms with Crippen molar-refractivity contribution in [2.75, 3.05) is 26.3 Å². The number of hydrogen-bond donors (Lipinski definition) is 1. The van der Waals surface area contributed by atoms with Gasteiger partial charge in [-0.05, 0) is 37.8 Å². The number of ether oxygens (including phenoxy) is 2. The van der Waals surface area contributed by atoms with Crippen LogP contribution in [0.15, 0.2) is 29.2 Å². The first-order chi connectivity index (χ1) is 15.1. The van der Waals surface area contributed by atoms with Gasteiger partial charge in [0, 0.05) is 13.1 Å². The summed E-state index contributed by atoms with van der Waals surface area (Å²) in [5.74, 6) is -3.39. The number of likely N-dealkylation sites (tertiary alicyclic amines) is 1. The molecule has 0 aromatic heterocycles. The molecule has 1 aliphatic rings. The summed E-state index contributed by atoms with van der Waals surface area (Å²) in [5, 5.41) is 0. The lowest BCUT2D eigenvalue weighted by molar-refractivity contribution is -0.156. The fourth-order valence-electron chi connectivity index (χ4n) is 3.29. The molecule has 1 N–H and O–H groups in total. The smallest absolute Gasteiger partial charge is 0.324 e. The highest BCUT2D eigenvalue weighted by Gasteiger charge is 2.32. The second kappa shape index (κ2) is 11.4. The van der Waals surface area contributed by atoms with Crippen LogP contribution < -0.4 is 4.72 Å². The summed E-state index contributed by atoms with van der Waals surface area (Å²) in [4.78, 5) is 37.6. The van der Waals surface area contributed by atoms with Crippen molar-refractivity contribution in [1.82, 2.24) is 9.62 Å². The van der Waals surface area contributed by atoms with Crippen molar-refractivity contribution in [2.45, 2.75) is 44.6 Å². The number of esters is 2. The molecule has 1 atom stereocenters. The van der Waals surface area contributed by atoms with Gasteiger partial charge in [-0.25, -0.2) is 12.8 Å². The average molecular weight is 473 g/mol. The Kier molecular flexibility index (Phi) is 9.14. The van der Waals surface area contributed by atoms with E-state index in [-0.39, 0.29) is 11.9 Å². The number of nitrogens with zero attached hydrogens (tertiary/aromatic N) is 1. The summed E-state index contributed by atoms with van der Waals surface area (Å²) >= 11 is 0. The molecule has 1 amide bonds. The SMILES string of the molecule is CCOC(=O)C1CCN(C(=O)COC(=O)C(NS(=O)(=O)c2ccccc2F)C(C)C)CC1. The van der Waals surface area contributed by atoms with E-state index < -0.39 is 51.2 Å². The summed E-state index contributed by atoms with van der Waals surface area (Å²) in [5.41, 5.74) is 0. The molecule has 32 heavy (non-hydrogen) atoms. The summed E-state index contributed by atoms with van der Waals surface area (Å²) in [6.45, 7) is 5.31. The highest BCUT2D eigenvalue weighted by atomic mass is 32.2. The van der Waals surface area contributed by atoms with Crippen LogP contribution in [-0.2, 0) is 33.9 Å². The molecule has 0 aliphatic carbocycles. The minimum Gasteiger partial charge on any atom is -0.466 e. The molecule has 1 heterocycles. The third kappa shape index (κ3) is 6.73. The second-order valence-corrected chi connectivity index (χ2v) is 9.47. The number of nitrogens with one attached hydrogen (secondary N) is 1. The van der Waals surface area contributed by atoms with Crippen LogP contribution in [0, 0.1) is 17.7 Å². The maximum absolute atomic E-state index is 13.9. The molecule has 178 valence electrons. The number of sulfonamides is 1. The zero-order chi connectivity index (χ0) is 23.9. The summed E-state index contributed by atoms with van der Waals surface area (Å²) < 4.78 is 51.2. The topological polar surface area (TPSA) is 119 Å². The van der Waals surface area contributed by atoms with E-state index in [1.165, 1.54) is 17.0 Å². The molecule has 0 bridgehead atoms. The third-order valence-corrected chi connectivity index (χ3v) is 6.61. The largest absolute Gasteiger partial charge is 0.466 e. The van der Waals surface area contributed by atoms with Crippen LogP contribution in [0.3, 0.4) is 0 Å². The van der Waals surface area contributed by atoms with Gasteiger partial charge in [-0.1, -0.05) is 26.0 Å². The lowest BCUT2D eigenvalue weighted by Crippen LogP contribution is -2.47. The van der Waals surface area contributed by atoms with Crippen LogP contribution in [-0.4, -0.2) is 63.5 Å². The fourth-order valence-corrected chi connectivity index (χ4v) is 4.70. The van der Waals surface area contributed by atoms with E-state index in [1.807, 2.05) is 0 Å². The monoisotopic (exact) mass is 472 g/mol. The molecule has 1 aromatic rings. The Bertz CT molecular complexity index is 928. The Hall–Kier alpha value is -2.53. The van der Waals surface area contributed by atoms with E-state index in [9.17, 15) is 27.2 Å². The van der Waals surface area contributed by atoms with Crippen LogP contribution >= 0.6 is 0 Å². The summed E-state index contributed by atoms with van der Waals surface area (Å²) in [6.07, 6.45) is 0.908. The predicted octanol–water partition coefficient (Wildman–Crippen LogP) is 1.47. The maximum Gasteiger partial charge on any atom is 0.324 e. The van der Waals surface area contributed by atoms with E-state index >= 15 is 0 Å². The van der Waals surface area contributed by atoms with Gasteiger partial charge in [-0.2, -0.15) is 4.72 Å². The van der Waals surface area contributed by atoms with Crippen molar-refractivity contribution in [3.63, 3.8) is 0 Å². The Morgan fingerprint density at radius 2 is 1.78 bits per heavy atom. The lowest BCUT2D eigenvalue weighted by Gasteiger charge is -2.31. The molecular weight excluding hydrogens is 443 g/mol. The summed E-state index contributed by atoms with van der Waals surface area (Å²) in [7, 11) is -4.32. The van der Waals surface area contributed by atoms with Crippen molar-refractivity contribution < 1.29 is 36.7 Å². The first-order valence-electron chi connectivity index (χ1n) is 10.4. The first-order valence-corrected chi connectivity index (χ1v) is 11.9. The number of halogens is 1. The van der Waals surface area contributed by atoms with E-state index in [0.29, 0.717) is 32.5 Å². The molecule has 11 heteroatoms. The molecule has 1 unspecified atom stereocenters. The zero-order valence-corrected chi connectivity index (χ0v) is 19.2. The Morgan fingerprint density at radius 3 is 2.34 bits per heavy atom. The number of benzene rings is 1. The van der Waals surface area contributed by atoms with Gasteiger partial charge in [0.1, 0.15) is 16.8 Å². The van der Waals surface area contributed by atoms with Crippen LogP contribution in [0.2, 0.25) is 0 Å². The van der Waals surface area contributed by atoms with Crippen LogP contribution in [0.25, 0.3) is 0 Å². The molecule has 9 nitrogen and oxygen atoms in total. The minimum atomic E-state index is -4.32. The van der Waals surface area contributed by atoms with Gasteiger partial charge in [0.25, 0.3) is 5.91 Å². The van der Waals surface area contributed by atoms with Gasteiger partial charge in [0.05, 0.1) is 12.5 Å². The van der Waals surface area contributed by atoms with Crippen molar-refractivity contribution in [3.8, 4) is 0 Å². The normalized spacial score (nSPS) is 16.0. The maximum atomic E-state index is 13.9. The number of piperidine rings is 1. The molecule has 1 saturated heterocycles. The lowest BCUT2D eigenvalue weighted by atomic mass is 9.97. The van der Waals surface area contributed by atoms with E-state index in [2.05, 4.69) is 4.72 Å². The molecule has 0 saturated carbocycles. The van der Waals surface area contributed by atoms with E-state index in [0.717, 1.165) is 12.1 Å². The van der Waals surface area contributed by atoms with Crippen molar-refractivity contribution in [1.29, 1.82) is 0 Å². The molecular formula is C21H29FN2O7S. The van der Waals surface area contributed by atoms with E-state index in [1.54, 1.807) is 20.8 Å². The molecule has 1 aromatic carbocycles. The van der Waals surface area contributed by atoms with Crippen LogP contribution in [0.4, 0.5) is 4.39 Å². The Labute approximate surface area is 187 Å². The average Bonchev–Trinajstić information content (AvgIpc) is 2.76. The molecule has 0 radical (unpaired) electrons. The van der Waals surface area contributed by atoms with E-state index in [4.69, 9.17) is 9.47 Å². The quantitative estimate of drug-likeness (QED) is 0.541. The van der Waals surface area contributed by atoms with Gasteiger partial charge in [-0.3, -0.25) is 14.4 Å². The van der Waals surface area contributed by atoms with Gasteiger partial charge in [-0.15, -0.1) is 0 Å². The standard InChI is InChI=1S/C21H29FN2O7S/c1-4-30-20(26)15-9-11-24(12-10-15)18(25)13-31-21(27)19(14(2)3)23-32(28,29)17-8-6-5-7-16(17)22/h5-8,14-15,19,23H,4,9-13H2,1-3H3. The van der Waals surface area contributed by atoms with Crippen LogP contribution in [0.1, 0.15) is 33.6 Å². The Morgan fingerprint density at radius 1 is 1.16 bits per heavy atom. The molecule has 0 spiro atoms. The highest BCUT2D eigenvalue weighted by molar-refractivity contribution is 7.89. The molecule has 2 rings (SSSR count). The number of carbonyl (C=O) groups is 3. The minimum absolute atomic E-state index is 0.264. The van der Waals surface area contributed by atoms with Crippen molar-refractivity contribution >= 4 is 27.9 Å². The number of amides is 1. The second-order valence-electron chi connectivity index (χ2n) is 7.79. The molecule has 1 fully saturated rings. The van der Waals surface area contributed by atoms with Crippen LogP contribution in [0.5, 0.6) is 0 Å². The first kappa shape index (κ1) is 25.7. The number of hydrogen-bond acceptors (Lipinski definition) is 7. The van der Waals surface area contributed by atoms with Crippen molar-refractivity contribution in [3.05, 3.63) is 30.1 Å². The Balaban J connectivity index is 1.93. The van der Waals surface area contributed by atoms with Gasteiger partial charge < -0.3 is 14.4 Å². The van der Waals surface area contributed by atoms with Gasteiger partial charge >= 0.3 is 11.9 Å². The van der Waals surface area contributed by atoms with Gasteiger partial charge in [0.15, 0.2) is 6.61 Å². The number of carbonyl (C=O) groups excluding carboxylic acids is 3. The third-order valence-electron chi connectivity index (χ3n) is 5.13.